The number of hydrogen-bond donors (Lipinski definition) is 0. The van der Waals surface area contributed by atoms with Crippen molar-refractivity contribution in [1.82, 2.24) is 14.2 Å². The maximum Gasteiger partial charge on any atom is 0.416 e. The number of halogens is 3. The summed E-state index contributed by atoms with van der Waals surface area (Å²) in [5, 5.41) is 4.46. The minimum Gasteiger partial charge on any atom is -0.327 e. The van der Waals surface area contributed by atoms with E-state index in [2.05, 4.69) is 5.10 Å². The largest absolute Gasteiger partial charge is 0.416 e. The lowest BCUT2D eigenvalue weighted by Crippen LogP contribution is -2.07. The van der Waals surface area contributed by atoms with Crippen molar-refractivity contribution in [3.05, 3.63) is 77.0 Å². The first-order valence-electron chi connectivity index (χ1n) is 8.60. The van der Waals surface area contributed by atoms with E-state index in [1.165, 1.54) is 30.4 Å². The van der Waals surface area contributed by atoms with Crippen LogP contribution >= 0.6 is 0 Å². The molecule has 28 heavy (non-hydrogen) atoms. The highest BCUT2D eigenvalue weighted by Gasteiger charge is 2.32. The third-order valence-corrected chi connectivity index (χ3v) is 4.75. The number of nitrogens with zero attached hydrogens (tertiary/aromatic N) is 3. The number of rotatable bonds is 3. The highest BCUT2D eigenvalue weighted by Crippen LogP contribution is 2.32. The number of fused-ring (bicyclic) bond motifs is 3. The maximum atomic E-state index is 13.2. The molecular formula is C21H16F3N3O. The molecule has 0 spiro atoms. The number of aryl methyl sites for hydroxylation is 2. The Hall–Kier alpha value is -3.35. The lowest BCUT2D eigenvalue weighted by molar-refractivity contribution is -0.137. The minimum absolute atomic E-state index is 0.0542. The summed E-state index contributed by atoms with van der Waals surface area (Å²) in [4.78, 5) is 12.9. The van der Waals surface area contributed by atoms with E-state index in [0.717, 1.165) is 17.1 Å². The van der Waals surface area contributed by atoms with Crippen LogP contribution in [-0.4, -0.2) is 20.0 Å². The number of carbonyl (C=O) groups is 1. The summed E-state index contributed by atoms with van der Waals surface area (Å²) >= 11 is 0. The van der Waals surface area contributed by atoms with Gasteiger partial charge >= 0.3 is 6.18 Å². The fourth-order valence-corrected chi connectivity index (χ4v) is 3.47. The summed E-state index contributed by atoms with van der Waals surface area (Å²) < 4.78 is 43.0. The summed E-state index contributed by atoms with van der Waals surface area (Å²) in [6, 6.07) is 12.8. The van der Waals surface area contributed by atoms with E-state index in [9.17, 15) is 18.0 Å². The van der Waals surface area contributed by atoms with Crippen LogP contribution in [0.4, 0.5) is 13.2 Å². The quantitative estimate of drug-likeness (QED) is 0.367. The second-order valence-electron chi connectivity index (χ2n) is 6.53. The van der Waals surface area contributed by atoms with Gasteiger partial charge < -0.3 is 4.57 Å². The van der Waals surface area contributed by atoms with Crippen LogP contribution in [0, 0.1) is 6.92 Å². The number of alkyl halides is 3. The molecule has 0 saturated carbocycles. The average Bonchev–Trinajstić information content (AvgIpc) is 3.14. The van der Waals surface area contributed by atoms with Crippen LogP contribution in [0.15, 0.2) is 54.6 Å². The Morgan fingerprint density at radius 3 is 2.39 bits per heavy atom. The normalized spacial score (nSPS) is 12.5. The molecule has 0 fully saturated rings. The lowest BCUT2D eigenvalue weighted by Gasteiger charge is -2.09. The number of ketones is 1. The Bertz CT molecular complexity index is 1250. The first-order valence-corrected chi connectivity index (χ1v) is 8.60. The molecule has 2 aromatic heterocycles. The Morgan fingerprint density at radius 1 is 1.04 bits per heavy atom. The number of allylic oxidation sites excluding steroid dienone is 1. The van der Waals surface area contributed by atoms with Gasteiger partial charge in [-0.25, -0.2) is 4.52 Å². The van der Waals surface area contributed by atoms with E-state index in [0.29, 0.717) is 16.9 Å². The molecule has 0 unspecified atom stereocenters. The van der Waals surface area contributed by atoms with Crippen molar-refractivity contribution in [3.63, 3.8) is 0 Å². The molecule has 0 aliphatic rings. The molecule has 0 bridgehead atoms. The smallest absolute Gasteiger partial charge is 0.327 e. The molecular weight excluding hydrogens is 367 g/mol. The number of para-hydroxylation sites is 2. The molecule has 0 aliphatic heterocycles. The van der Waals surface area contributed by atoms with E-state index in [4.69, 9.17) is 0 Å². The molecule has 4 aromatic rings. The number of aromatic nitrogens is 3. The Morgan fingerprint density at radius 2 is 1.68 bits per heavy atom. The second-order valence-corrected chi connectivity index (χ2v) is 6.53. The van der Waals surface area contributed by atoms with Crippen molar-refractivity contribution in [3.8, 4) is 0 Å². The highest BCUT2D eigenvalue weighted by atomic mass is 19.4. The van der Waals surface area contributed by atoms with Gasteiger partial charge in [-0.15, -0.1) is 0 Å². The van der Waals surface area contributed by atoms with Crippen molar-refractivity contribution < 1.29 is 18.0 Å². The number of hydrogen-bond acceptors (Lipinski definition) is 2. The molecule has 2 aromatic carbocycles. The Kier molecular flexibility index (Phi) is 4.10. The zero-order valence-electron chi connectivity index (χ0n) is 15.2. The summed E-state index contributed by atoms with van der Waals surface area (Å²) in [5.41, 5.74) is 2.44. The van der Waals surface area contributed by atoms with Crippen molar-refractivity contribution in [2.24, 2.45) is 7.05 Å². The molecule has 142 valence electrons. The third kappa shape index (κ3) is 2.79. The van der Waals surface area contributed by atoms with Gasteiger partial charge in [0.2, 0.25) is 0 Å². The van der Waals surface area contributed by atoms with E-state index >= 15 is 0 Å². The van der Waals surface area contributed by atoms with Gasteiger partial charge in [-0.2, -0.15) is 18.3 Å². The van der Waals surface area contributed by atoms with Crippen LogP contribution in [0.25, 0.3) is 22.8 Å². The number of carbonyl (C=O) groups excluding carboxylic acids is 1. The summed E-state index contributed by atoms with van der Waals surface area (Å²) in [6.07, 6.45) is -2.11. The first kappa shape index (κ1) is 18.0. The maximum absolute atomic E-state index is 13.2. The fraction of sp³-hybridized carbons (Fsp3) is 0.143. The molecule has 0 aliphatic carbocycles. The predicted molar refractivity (Wildman–Crippen MR) is 101 cm³/mol. The molecule has 4 rings (SSSR count). The van der Waals surface area contributed by atoms with Gasteiger partial charge in [0.1, 0.15) is 5.65 Å². The van der Waals surface area contributed by atoms with Crippen LogP contribution in [-0.2, 0) is 13.2 Å². The molecule has 0 N–H and O–H groups in total. The van der Waals surface area contributed by atoms with Gasteiger partial charge in [0.05, 0.1) is 27.9 Å². The topological polar surface area (TPSA) is 39.3 Å². The predicted octanol–water partition coefficient (Wildman–Crippen LogP) is 5.05. The Balaban J connectivity index is 1.81. The van der Waals surface area contributed by atoms with Crippen molar-refractivity contribution in [1.29, 1.82) is 0 Å². The van der Waals surface area contributed by atoms with Crippen LogP contribution in [0.5, 0.6) is 0 Å². The monoisotopic (exact) mass is 383 g/mol. The SMILES string of the molecule is Cc1nn2c3ccccc3n(C)c2c1C(=O)/C=C/c1ccccc1C(F)(F)F. The van der Waals surface area contributed by atoms with Crippen LogP contribution in [0.2, 0.25) is 0 Å². The van der Waals surface area contributed by atoms with Gasteiger partial charge in [0.25, 0.3) is 0 Å². The van der Waals surface area contributed by atoms with Crippen molar-refractivity contribution in [2.75, 3.05) is 0 Å². The fourth-order valence-electron chi connectivity index (χ4n) is 3.47. The van der Waals surface area contributed by atoms with Gasteiger partial charge in [-0.05, 0) is 36.8 Å². The van der Waals surface area contributed by atoms with Gasteiger partial charge in [-0.3, -0.25) is 4.79 Å². The molecule has 7 heteroatoms. The third-order valence-electron chi connectivity index (χ3n) is 4.75. The van der Waals surface area contributed by atoms with Crippen molar-refractivity contribution >= 4 is 28.5 Å². The lowest BCUT2D eigenvalue weighted by atomic mass is 10.0. The molecule has 2 heterocycles. The number of benzene rings is 2. The summed E-state index contributed by atoms with van der Waals surface area (Å²) in [6.45, 7) is 1.71. The number of imidazole rings is 1. The van der Waals surface area contributed by atoms with E-state index < -0.39 is 17.5 Å². The summed E-state index contributed by atoms with van der Waals surface area (Å²) in [7, 11) is 1.83. The van der Waals surface area contributed by atoms with Gasteiger partial charge in [0, 0.05) is 7.05 Å². The van der Waals surface area contributed by atoms with E-state index in [1.54, 1.807) is 11.4 Å². The molecule has 0 radical (unpaired) electrons. The van der Waals surface area contributed by atoms with Crippen LogP contribution in [0.3, 0.4) is 0 Å². The van der Waals surface area contributed by atoms with Crippen LogP contribution in [0.1, 0.15) is 27.2 Å². The van der Waals surface area contributed by atoms with Gasteiger partial charge in [0.15, 0.2) is 5.78 Å². The molecule has 0 saturated heterocycles. The highest BCUT2D eigenvalue weighted by molar-refractivity contribution is 6.12. The zero-order valence-corrected chi connectivity index (χ0v) is 15.2. The van der Waals surface area contributed by atoms with Crippen LogP contribution < -0.4 is 0 Å². The average molecular weight is 383 g/mol. The minimum atomic E-state index is -4.49. The van der Waals surface area contributed by atoms with Gasteiger partial charge in [-0.1, -0.05) is 36.4 Å². The molecule has 4 nitrogen and oxygen atoms in total. The molecule has 0 amide bonds. The first-order chi connectivity index (χ1) is 13.3. The molecule has 0 atom stereocenters. The summed E-state index contributed by atoms with van der Waals surface area (Å²) in [5.74, 6) is -0.393. The zero-order chi connectivity index (χ0) is 20.1. The Labute approximate surface area is 158 Å². The second kappa shape index (κ2) is 6.37. The van der Waals surface area contributed by atoms with Crippen molar-refractivity contribution in [2.45, 2.75) is 13.1 Å². The van der Waals surface area contributed by atoms with E-state index in [1.807, 2.05) is 35.9 Å². The standard InChI is InChI=1S/C21H16F3N3O/c1-13-19(20-26(2)16-9-5-6-10-17(16)27(20)25-13)18(28)12-11-14-7-3-4-8-15(14)21(22,23)24/h3-12H,1-2H3/b12-11+. The van der Waals surface area contributed by atoms with E-state index in [-0.39, 0.29) is 5.56 Å².